The van der Waals surface area contributed by atoms with Crippen LogP contribution in [0.3, 0.4) is 0 Å². The summed E-state index contributed by atoms with van der Waals surface area (Å²) >= 11 is 0. The number of halogens is 3. The molecule has 2 aliphatic rings. The van der Waals surface area contributed by atoms with Crippen molar-refractivity contribution in [1.82, 2.24) is 20.1 Å². The first-order valence-corrected chi connectivity index (χ1v) is 13.9. The van der Waals surface area contributed by atoms with Crippen LogP contribution in [0.4, 0.5) is 19.0 Å². The molecule has 0 saturated heterocycles. The Balaban J connectivity index is 1.61. The van der Waals surface area contributed by atoms with Gasteiger partial charge in [0.1, 0.15) is 11.3 Å². The van der Waals surface area contributed by atoms with Gasteiger partial charge in [-0.25, -0.2) is 13.4 Å². The molecule has 2 N–H and O–H groups in total. The summed E-state index contributed by atoms with van der Waals surface area (Å²) in [5.41, 5.74) is 0.620. The fourth-order valence-electron chi connectivity index (χ4n) is 5.18. The van der Waals surface area contributed by atoms with Crippen LogP contribution in [0.2, 0.25) is 0 Å². The van der Waals surface area contributed by atoms with Gasteiger partial charge < -0.3 is 10.6 Å². The zero-order valence-corrected chi connectivity index (χ0v) is 21.3. The minimum absolute atomic E-state index is 0.0270. The van der Waals surface area contributed by atoms with Crippen LogP contribution in [-0.2, 0) is 39.2 Å². The molecule has 1 spiro atoms. The fourth-order valence-corrected chi connectivity index (χ4v) is 5.73. The van der Waals surface area contributed by atoms with Crippen LogP contribution in [0.1, 0.15) is 51.1 Å². The standard InChI is InChI=1S/C25H24F3N5O4S/c1-14-5-8-19(29-12-14)33-22(30-20(34)13-38(2,36)37)21-18(32-33)11-24(31-23(21)35)9-3-4-15-10-16(25(26,27)28)6-7-17(15)24/h5-8,10,12H,3-4,9,11,13H2,1-2H3,(H,30,34)(H,31,35)/t24-/m0/s1. The van der Waals surface area contributed by atoms with Gasteiger partial charge in [0.05, 0.1) is 16.8 Å². The Kier molecular flexibility index (Phi) is 6.08. The van der Waals surface area contributed by atoms with E-state index in [4.69, 9.17) is 0 Å². The van der Waals surface area contributed by atoms with Crippen LogP contribution in [0.5, 0.6) is 0 Å². The smallest absolute Gasteiger partial charge is 0.342 e. The van der Waals surface area contributed by atoms with Crippen molar-refractivity contribution in [2.24, 2.45) is 0 Å². The summed E-state index contributed by atoms with van der Waals surface area (Å²) in [5, 5.41) is 10.1. The summed E-state index contributed by atoms with van der Waals surface area (Å²) < 4.78 is 64.6. The minimum Gasteiger partial charge on any atom is -0.342 e. The van der Waals surface area contributed by atoms with Gasteiger partial charge in [-0.05, 0) is 61.1 Å². The maximum Gasteiger partial charge on any atom is 0.416 e. The second-order valence-electron chi connectivity index (χ2n) is 9.83. The topological polar surface area (TPSA) is 123 Å². The minimum atomic E-state index is -4.48. The first kappa shape index (κ1) is 25.9. The molecule has 3 heterocycles. The van der Waals surface area contributed by atoms with Gasteiger partial charge in [-0.15, -0.1) is 0 Å². The predicted molar refractivity (Wildman–Crippen MR) is 132 cm³/mol. The predicted octanol–water partition coefficient (Wildman–Crippen LogP) is 3.10. The molecular weight excluding hydrogens is 523 g/mol. The number of pyridine rings is 1. The molecule has 0 unspecified atom stereocenters. The third-order valence-corrected chi connectivity index (χ3v) is 7.56. The molecular formula is C25H24F3N5O4S. The number of sulfone groups is 1. The number of carbonyl (C=O) groups excluding carboxylic acids is 2. The summed E-state index contributed by atoms with van der Waals surface area (Å²) in [6, 6.07) is 6.96. The molecule has 2 aromatic heterocycles. The van der Waals surface area contributed by atoms with E-state index in [1.807, 2.05) is 6.92 Å². The number of nitrogens with zero attached hydrogens (tertiary/aromatic N) is 3. The average Bonchev–Trinajstić information content (AvgIpc) is 3.15. The van der Waals surface area contributed by atoms with Crippen LogP contribution >= 0.6 is 0 Å². The molecule has 1 atom stereocenters. The van der Waals surface area contributed by atoms with Crippen molar-refractivity contribution in [3.05, 3.63) is 70.0 Å². The molecule has 2 amide bonds. The SMILES string of the molecule is Cc1ccc(-n2nc3c(c2NC(=O)CS(C)(=O)=O)C(=O)N[C@@]2(CCCc4cc(C(F)(F)F)ccc42)C3)nc1. The molecule has 0 bridgehead atoms. The zero-order valence-electron chi connectivity index (χ0n) is 20.5. The highest BCUT2D eigenvalue weighted by atomic mass is 32.2. The van der Waals surface area contributed by atoms with Gasteiger partial charge in [-0.1, -0.05) is 12.1 Å². The van der Waals surface area contributed by atoms with E-state index in [2.05, 4.69) is 20.7 Å². The van der Waals surface area contributed by atoms with Crippen LogP contribution in [0.15, 0.2) is 36.5 Å². The summed E-state index contributed by atoms with van der Waals surface area (Å²) in [6.45, 7) is 1.83. The molecule has 0 fully saturated rings. The quantitative estimate of drug-likeness (QED) is 0.518. The molecule has 1 aromatic carbocycles. The highest BCUT2D eigenvalue weighted by molar-refractivity contribution is 7.91. The van der Waals surface area contributed by atoms with E-state index in [0.29, 0.717) is 41.9 Å². The maximum absolute atomic E-state index is 13.5. The van der Waals surface area contributed by atoms with Crippen molar-refractivity contribution >= 4 is 27.5 Å². The van der Waals surface area contributed by atoms with E-state index >= 15 is 0 Å². The molecule has 38 heavy (non-hydrogen) atoms. The molecule has 1 aliphatic carbocycles. The van der Waals surface area contributed by atoms with E-state index in [9.17, 15) is 31.2 Å². The van der Waals surface area contributed by atoms with Crippen molar-refractivity contribution in [1.29, 1.82) is 0 Å². The van der Waals surface area contributed by atoms with Crippen LogP contribution in [0.25, 0.3) is 5.82 Å². The number of hydrogen-bond donors (Lipinski definition) is 2. The third-order valence-electron chi connectivity index (χ3n) is 6.77. The number of nitrogens with one attached hydrogen (secondary N) is 2. The number of aromatic nitrogens is 3. The normalized spacial score (nSPS) is 19.0. The Morgan fingerprint density at radius 1 is 1.24 bits per heavy atom. The second kappa shape index (κ2) is 8.93. The Labute approximate surface area is 216 Å². The molecule has 9 nitrogen and oxygen atoms in total. The Bertz CT molecular complexity index is 1560. The highest BCUT2D eigenvalue weighted by Crippen LogP contribution is 2.44. The lowest BCUT2D eigenvalue weighted by molar-refractivity contribution is -0.137. The number of anilines is 1. The first-order chi connectivity index (χ1) is 17.8. The average molecular weight is 548 g/mol. The first-order valence-electron chi connectivity index (χ1n) is 11.8. The molecule has 0 radical (unpaired) electrons. The Morgan fingerprint density at radius 3 is 2.66 bits per heavy atom. The van der Waals surface area contributed by atoms with Gasteiger partial charge in [-0.3, -0.25) is 9.59 Å². The summed E-state index contributed by atoms with van der Waals surface area (Å²) in [6.07, 6.45) is -0.332. The number of benzene rings is 1. The van der Waals surface area contributed by atoms with Crippen molar-refractivity contribution in [3.63, 3.8) is 0 Å². The van der Waals surface area contributed by atoms with Gasteiger partial charge in [-0.2, -0.15) is 23.0 Å². The van der Waals surface area contributed by atoms with Crippen molar-refractivity contribution in [2.45, 2.75) is 44.3 Å². The fraction of sp³-hybridized carbons (Fsp3) is 0.360. The number of carbonyl (C=O) groups is 2. The van der Waals surface area contributed by atoms with Crippen LogP contribution in [-0.4, -0.2) is 47.0 Å². The van der Waals surface area contributed by atoms with Crippen LogP contribution < -0.4 is 10.6 Å². The lowest BCUT2D eigenvalue weighted by Gasteiger charge is -2.42. The van der Waals surface area contributed by atoms with Crippen molar-refractivity contribution in [3.8, 4) is 5.82 Å². The molecule has 5 rings (SSSR count). The number of amides is 2. The summed E-state index contributed by atoms with van der Waals surface area (Å²) in [7, 11) is -3.65. The Morgan fingerprint density at radius 2 is 2.00 bits per heavy atom. The Hall–Kier alpha value is -3.74. The number of fused-ring (bicyclic) bond motifs is 3. The van der Waals surface area contributed by atoms with Gasteiger partial charge in [0.15, 0.2) is 21.5 Å². The van der Waals surface area contributed by atoms with E-state index < -0.39 is 44.7 Å². The van der Waals surface area contributed by atoms with Gasteiger partial charge >= 0.3 is 6.18 Å². The lowest BCUT2D eigenvalue weighted by Crippen LogP contribution is -2.53. The highest BCUT2D eigenvalue weighted by Gasteiger charge is 2.46. The molecule has 3 aromatic rings. The molecule has 200 valence electrons. The molecule has 13 heteroatoms. The zero-order chi connectivity index (χ0) is 27.5. The van der Waals surface area contributed by atoms with E-state index in [-0.39, 0.29) is 17.8 Å². The van der Waals surface area contributed by atoms with Gasteiger partial charge in [0, 0.05) is 18.9 Å². The largest absolute Gasteiger partial charge is 0.416 e. The third kappa shape index (κ3) is 4.77. The lowest BCUT2D eigenvalue weighted by atomic mass is 9.71. The van der Waals surface area contributed by atoms with Crippen molar-refractivity contribution in [2.75, 3.05) is 17.3 Å². The van der Waals surface area contributed by atoms with Gasteiger partial charge in [0.25, 0.3) is 5.91 Å². The number of rotatable bonds is 4. The number of alkyl halides is 3. The molecule has 1 aliphatic heterocycles. The number of aryl methyl sites for hydroxylation is 2. The van der Waals surface area contributed by atoms with E-state index in [0.717, 1.165) is 24.0 Å². The van der Waals surface area contributed by atoms with Crippen molar-refractivity contribution < 1.29 is 31.2 Å². The maximum atomic E-state index is 13.5. The van der Waals surface area contributed by atoms with E-state index in [1.165, 1.54) is 10.7 Å². The number of hydrogen-bond acceptors (Lipinski definition) is 6. The summed E-state index contributed by atoms with van der Waals surface area (Å²) in [4.78, 5) is 30.4. The van der Waals surface area contributed by atoms with Crippen LogP contribution in [0, 0.1) is 6.92 Å². The monoisotopic (exact) mass is 547 g/mol. The molecule has 0 saturated carbocycles. The second-order valence-corrected chi connectivity index (χ2v) is 12.0. The van der Waals surface area contributed by atoms with E-state index in [1.54, 1.807) is 18.3 Å². The summed E-state index contributed by atoms with van der Waals surface area (Å²) in [5.74, 6) is -1.96. The van der Waals surface area contributed by atoms with Gasteiger partial charge in [0.2, 0.25) is 5.91 Å².